The number of rotatable bonds is 2. The highest BCUT2D eigenvalue weighted by molar-refractivity contribution is 7.07. The van der Waals surface area contributed by atoms with E-state index in [1.54, 1.807) is 6.07 Å². The molecule has 0 radical (unpaired) electrons. The van der Waals surface area contributed by atoms with E-state index in [1.807, 2.05) is 0 Å². The summed E-state index contributed by atoms with van der Waals surface area (Å²) in [5, 5.41) is 0.623. The summed E-state index contributed by atoms with van der Waals surface area (Å²) in [5.41, 5.74) is 0. The molecule has 0 bridgehead atoms. The van der Waals surface area contributed by atoms with Gasteiger partial charge in [0, 0.05) is 16.6 Å². The van der Waals surface area contributed by atoms with Crippen LogP contribution < -0.4 is 4.74 Å². The molecule has 14 heavy (non-hydrogen) atoms. The molecule has 0 atom stereocenters. The van der Waals surface area contributed by atoms with Crippen molar-refractivity contribution in [3.8, 4) is 10.9 Å². The second-order valence-corrected chi connectivity index (χ2v) is 3.56. The minimum absolute atomic E-state index is 0.0890. The zero-order valence-corrected chi connectivity index (χ0v) is 8.35. The number of nitrogens with zero attached hydrogens (tertiary/aromatic N) is 2. The van der Waals surface area contributed by atoms with Crippen LogP contribution in [0.1, 0.15) is 0 Å². The summed E-state index contributed by atoms with van der Waals surface area (Å²) in [5.74, 6) is -0.432. The van der Waals surface area contributed by atoms with Crippen LogP contribution in [0, 0.1) is 5.82 Å². The number of hydrogen-bond acceptors (Lipinski definition) is 4. The maximum atomic E-state index is 13.2. The smallest absolute Gasteiger partial charge is 0.298 e. The van der Waals surface area contributed by atoms with Gasteiger partial charge in [-0.15, -0.1) is 0 Å². The van der Waals surface area contributed by atoms with Crippen molar-refractivity contribution in [2.75, 3.05) is 0 Å². The van der Waals surface area contributed by atoms with E-state index in [-0.39, 0.29) is 5.75 Å². The average Bonchev–Trinajstić information content (AvgIpc) is 2.62. The summed E-state index contributed by atoms with van der Waals surface area (Å²) in [6.07, 6.45) is 1.34. The average molecular weight is 231 g/mol. The standard InChI is InChI=1S/C8H4ClFN2OS/c9-5-1-2-7(6(10)3-5)13-8-11-4-12-14-8/h1-4H. The predicted molar refractivity (Wildman–Crippen MR) is 51.4 cm³/mol. The first-order valence-corrected chi connectivity index (χ1v) is 4.80. The van der Waals surface area contributed by atoms with Crippen LogP contribution in [-0.4, -0.2) is 9.36 Å². The Morgan fingerprint density at radius 1 is 1.43 bits per heavy atom. The molecule has 0 spiro atoms. The molecule has 2 rings (SSSR count). The summed E-state index contributed by atoms with van der Waals surface area (Å²) in [6.45, 7) is 0. The molecule has 0 amide bonds. The van der Waals surface area contributed by atoms with Crippen molar-refractivity contribution in [2.24, 2.45) is 0 Å². The number of aromatic nitrogens is 2. The third-order valence-electron chi connectivity index (χ3n) is 1.43. The van der Waals surface area contributed by atoms with E-state index >= 15 is 0 Å². The van der Waals surface area contributed by atoms with Crippen LogP contribution in [0.3, 0.4) is 0 Å². The van der Waals surface area contributed by atoms with Gasteiger partial charge in [-0.1, -0.05) is 11.6 Å². The van der Waals surface area contributed by atoms with Crippen molar-refractivity contribution in [2.45, 2.75) is 0 Å². The SMILES string of the molecule is Fc1cc(Cl)ccc1Oc1ncns1. The van der Waals surface area contributed by atoms with Crippen molar-refractivity contribution in [1.29, 1.82) is 0 Å². The van der Waals surface area contributed by atoms with Crippen molar-refractivity contribution in [1.82, 2.24) is 9.36 Å². The first-order chi connectivity index (χ1) is 6.75. The Labute approximate surface area is 88.3 Å². The Morgan fingerprint density at radius 3 is 2.93 bits per heavy atom. The summed E-state index contributed by atoms with van der Waals surface area (Å²) in [6, 6.07) is 4.16. The van der Waals surface area contributed by atoms with Gasteiger partial charge >= 0.3 is 0 Å². The van der Waals surface area contributed by atoms with Crippen LogP contribution in [-0.2, 0) is 0 Å². The van der Waals surface area contributed by atoms with Gasteiger partial charge in [0.05, 0.1) is 0 Å². The zero-order valence-electron chi connectivity index (χ0n) is 6.78. The fourth-order valence-electron chi connectivity index (χ4n) is 0.860. The minimum atomic E-state index is -0.521. The van der Waals surface area contributed by atoms with Gasteiger partial charge in [-0.25, -0.2) is 4.39 Å². The van der Waals surface area contributed by atoms with Gasteiger partial charge < -0.3 is 4.74 Å². The van der Waals surface area contributed by atoms with Crippen molar-refractivity contribution in [3.05, 3.63) is 35.4 Å². The maximum Gasteiger partial charge on any atom is 0.298 e. The van der Waals surface area contributed by atoms with Gasteiger partial charge in [0.1, 0.15) is 6.33 Å². The largest absolute Gasteiger partial charge is 0.427 e. The van der Waals surface area contributed by atoms with Crippen LogP contribution in [0.5, 0.6) is 10.9 Å². The Hall–Kier alpha value is -1.20. The third-order valence-corrected chi connectivity index (χ3v) is 2.21. The first-order valence-electron chi connectivity index (χ1n) is 3.65. The van der Waals surface area contributed by atoms with Crippen LogP contribution in [0.15, 0.2) is 24.5 Å². The molecule has 0 aliphatic carbocycles. The topological polar surface area (TPSA) is 35.0 Å². The summed E-state index contributed by atoms with van der Waals surface area (Å²) >= 11 is 6.63. The lowest BCUT2D eigenvalue weighted by atomic mass is 10.3. The molecule has 1 aromatic heterocycles. The summed E-state index contributed by atoms with van der Waals surface area (Å²) < 4.78 is 22.0. The predicted octanol–water partition coefficient (Wildman–Crippen LogP) is 3.12. The molecule has 2 aromatic rings. The van der Waals surface area contributed by atoms with Gasteiger partial charge in [-0.05, 0) is 18.2 Å². The van der Waals surface area contributed by atoms with Crippen LogP contribution in [0.2, 0.25) is 5.02 Å². The van der Waals surface area contributed by atoms with Crippen molar-refractivity contribution in [3.63, 3.8) is 0 Å². The van der Waals surface area contributed by atoms with E-state index in [1.165, 1.54) is 18.5 Å². The lowest BCUT2D eigenvalue weighted by molar-refractivity contribution is 0.439. The van der Waals surface area contributed by atoms with Gasteiger partial charge in [0.25, 0.3) is 5.19 Å². The molecule has 72 valence electrons. The molecule has 0 aliphatic rings. The van der Waals surface area contributed by atoms with E-state index in [9.17, 15) is 4.39 Å². The molecule has 0 N–H and O–H groups in total. The summed E-state index contributed by atoms with van der Waals surface area (Å²) in [7, 11) is 0. The number of hydrogen-bond donors (Lipinski definition) is 0. The Kier molecular flexibility index (Phi) is 2.60. The minimum Gasteiger partial charge on any atom is -0.427 e. The molecule has 0 saturated carbocycles. The molecular formula is C8H4ClFN2OS. The molecule has 0 saturated heterocycles. The lowest BCUT2D eigenvalue weighted by Crippen LogP contribution is -1.86. The molecule has 1 aromatic carbocycles. The van der Waals surface area contributed by atoms with E-state index < -0.39 is 5.82 Å². The van der Waals surface area contributed by atoms with Crippen molar-refractivity contribution >= 4 is 23.1 Å². The molecule has 0 aliphatic heterocycles. The fraction of sp³-hybridized carbons (Fsp3) is 0. The number of ether oxygens (including phenoxy) is 1. The highest BCUT2D eigenvalue weighted by Gasteiger charge is 2.06. The molecular weight excluding hydrogens is 227 g/mol. The van der Waals surface area contributed by atoms with E-state index in [4.69, 9.17) is 16.3 Å². The van der Waals surface area contributed by atoms with Crippen LogP contribution in [0.25, 0.3) is 0 Å². The van der Waals surface area contributed by atoms with Gasteiger partial charge in [-0.2, -0.15) is 9.36 Å². The Morgan fingerprint density at radius 2 is 2.29 bits per heavy atom. The van der Waals surface area contributed by atoms with Gasteiger partial charge in [-0.3, -0.25) is 0 Å². The first kappa shape index (κ1) is 9.36. The Balaban J connectivity index is 2.25. The lowest BCUT2D eigenvalue weighted by Gasteiger charge is -2.01. The molecule has 3 nitrogen and oxygen atoms in total. The molecule has 0 fully saturated rings. The Bertz CT molecular complexity index is 435. The van der Waals surface area contributed by atoms with E-state index in [0.29, 0.717) is 10.2 Å². The van der Waals surface area contributed by atoms with Crippen LogP contribution >= 0.6 is 23.1 Å². The third kappa shape index (κ3) is 2.00. The highest BCUT2D eigenvalue weighted by Crippen LogP contribution is 2.26. The summed E-state index contributed by atoms with van der Waals surface area (Å²) in [4.78, 5) is 3.76. The van der Waals surface area contributed by atoms with Crippen LogP contribution in [0.4, 0.5) is 4.39 Å². The molecule has 0 unspecified atom stereocenters. The van der Waals surface area contributed by atoms with Gasteiger partial charge in [0.2, 0.25) is 0 Å². The normalized spacial score (nSPS) is 10.1. The highest BCUT2D eigenvalue weighted by atomic mass is 35.5. The fourth-order valence-corrected chi connectivity index (χ4v) is 1.42. The quantitative estimate of drug-likeness (QED) is 0.795. The zero-order chi connectivity index (χ0) is 9.97. The van der Waals surface area contributed by atoms with E-state index in [0.717, 1.165) is 11.5 Å². The number of halogens is 2. The molecule has 1 heterocycles. The second kappa shape index (κ2) is 3.89. The number of benzene rings is 1. The monoisotopic (exact) mass is 230 g/mol. The maximum absolute atomic E-state index is 13.2. The molecule has 6 heteroatoms. The van der Waals surface area contributed by atoms with Crippen molar-refractivity contribution < 1.29 is 9.13 Å². The second-order valence-electron chi connectivity index (χ2n) is 2.38. The van der Waals surface area contributed by atoms with Gasteiger partial charge in [0.15, 0.2) is 11.6 Å². The van der Waals surface area contributed by atoms with E-state index in [2.05, 4.69) is 9.36 Å².